The number of benzene rings is 2. The summed E-state index contributed by atoms with van der Waals surface area (Å²) < 4.78 is 28.7. The smallest absolute Gasteiger partial charge is 0.243 e. The maximum atomic E-state index is 13.0. The number of nitrogens with zero attached hydrogens (tertiary/aromatic N) is 3. The molecule has 0 spiro atoms. The van der Waals surface area contributed by atoms with E-state index in [1.54, 1.807) is 23.5 Å². The number of amides is 1. The highest BCUT2D eigenvalue weighted by molar-refractivity contribution is 7.89. The van der Waals surface area contributed by atoms with Crippen LogP contribution in [0.2, 0.25) is 0 Å². The molecule has 1 fully saturated rings. The molecule has 4 rings (SSSR count). The fourth-order valence-corrected chi connectivity index (χ4v) is 6.09. The fourth-order valence-electron chi connectivity index (χ4n) is 3.62. The highest BCUT2D eigenvalue weighted by Crippen LogP contribution is 2.30. The van der Waals surface area contributed by atoms with Crippen molar-refractivity contribution in [3.63, 3.8) is 0 Å². The molecule has 2 heterocycles. The maximum absolute atomic E-state index is 13.0. The number of carbonyl (C=O) groups excluding carboxylic acids is 1. The Bertz CT molecular complexity index is 1120. The van der Waals surface area contributed by atoms with Crippen molar-refractivity contribution in [3.05, 3.63) is 53.5 Å². The SMILES string of the molecule is CC(=O)Nc1ccc(S(=O)(=O)N2CCN([C@@H](C)c3nc4ccccc4s3)CC2)cc1. The summed E-state index contributed by atoms with van der Waals surface area (Å²) in [7, 11) is -3.56. The first-order valence-electron chi connectivity index (χ1n) is 9.82. The van der Waals surface area contributed by atoms with Gasteiger partial charge in [0.1, 0.15) is 5.01 Å². The van der Waals surface area contributed by atoms with E-state index in [1.807, 2.05) is 18.2 Å². The number of rotatable bonds is 5. The Hall–Kier alpha value is -2.33. The molecule has 0 unspecified atom stereocenters. The molecule has 158 valence electrons. The third-order valence-electron chi connectivity index (χ3n) is 5.30. The molecule has 30 heavy (non-hydrogen) atoms. The fraction of sp³-hybridized carbons (Fsp3) is 0.333. The Balaban J connectivity index is 1.42. The normalized spacial score (nSPS) is 17.1. The van der Waals surface area contributed by atoms with Gasteiger partial charge in [0, 0.05) is 38.8 Å². The van der Waals surface area contributed by atoms with Gasteiger partial charge in [0.25, 0.3) is 0 Å². The first kappa shape index (κ1) is 20.9. The molecule has 1 N–H and O–H groups in total. The first-order chi connectivity index (χ1) is 14.3. The minimum Gasteiger partial charge on any atom is -0.326 e. The van der Waals surface area contributed by atoms with E-state index in [1.165, 1.54) is 28.1 Å². The van der Waals surface area contributed by atoms with Gasteiger partial charge in [-0.2, -0.15) is 4.31 Å². The molecule has 1 amide bonds. The van der Waals surface area contributed by atoms with Crippen LogP contribution in [0.5, 0.6) is 0 Å². The van der Waals surface area contributed by atoms with Crippen LogP contribution in [0, 0.1) is 0 Å². The summed E-state index contributed by atoms with van der Waals surface area (Å²) in [6.45, 7) is 5.72. The van der Waals surface area contributed by atoms with E-state index in [2.05, 4.69) is 23.2 Å². The Morgan fingerprint density at radius 3 is 2.37 bits per heavy atom. The van der Waals surface area contributed by atoms with E-state index in [-0.39, 0.29) is 16.8 Å². The van der Waals surface area contributed by atoms with Crippen LogP contribution in [0.1, 0.15) is 24.9 Å². The summed E-state index contributed by atoms with van der Waals surface area (Å²) in [4.78, 5) is 18.4. The number of carbonyl (C=O) groups is 1. The van der Waals surface area contributed by atoms with Gasteiger partial charge in [-0.3, -0.25) is 9.69 Å². The second-order valence-corrected chi connectivity index (χ2v) is 10.3. The molecule has 2 aromatic carbocycles. The molecule has 1 atom stereocenters. The number of nitrogens with one attached hydrogen (secondary N) is 1. The highest BCUT2D eigenvalue weighted by atomic mass is 32.2. The molecular weight excluding hydrogens is 420 g/mol. The van der Waals surface area contributed by atoms with Gasteiger partial charge in [-0.1, -0.05) is 12.1 Å². The van der Waals surface area contributed by atoms with Crippen LogP contribution in [0.25, 0.3) is 10.2 Å². The standard InChI is InChI=1S/C21H24N4O3S2/c1-15(21-23-19-5-3-4-6-20(19)29-21)24-11-13-25(14-12-24)30(27,28)18-9-7-17(8-10-18)22-16(2)26/h3-10,15H,11-14H2,1-2H3,(H,22,26)/t15-/m0/s1. The zero-order chi connectivity index (χ0) is 21.3. The Labute approximate surface area is 180 Å². The minimum absolute atomic E-state index is 0.143. The van der Waals surface area contributed by atoms with Gasteiger partial charge in [-0.25, -0.2) is 13.4 Å². The number of anilines is 1. The van der Waals surface area contributed by atoms with E-state index in [0.29, 0.717) is 31.9 Å². The molecule has 0 aliphatic carbocycles. The summed E-state index contributed by atoms with van der Waals surface area (Å²) in [6.07, 6.45) is 0. The Morgan fingerprint density at radius 2 is 1.73 bits per heavy atom. The summed E-state index contributed by atoms with van der Waals surface area (Å²) in [5.41, 5.74) is 1.59. The molecule has 9 heteroatoms. The molecule has 0 radical (unpaired) electrons. The number of thiazole rings is 1. The van der Waals surface area contributed by atoms with Crippen molar-refractivity contribution in [3.8, 4) is 0 Å². The monoisotopic (exact) mass is 444 g/mol. The molecule has 1 aromatic heterocycles. The minimum atomic E-state index is -3.56. The Kier molecular flexibility index (Phi) is 5.88. The molecule has 0 bridgehead atoms. The lowest BCUT2D eigenvalue weighted by Gasteiger charge is -2.36. The summed E-state index contributed by atoms with van der Waals surface area (Å²) in [5.74, 6) is -0.191. The van der Waals surface area contributed by atoms with Gasteiger partial charge in [-0.05, 0) is 43.3 Å². The number of hydrogen-bond acceptors (Lipinski definition) is 6. The zero-order valence-corrected chi connectivity index (χ0v) is 18.5. The van der Waals surface area contributed by atoms with Crippen LogP contribution in [-0.2, 0) is 14.8 Å². The predicted octanol–water partition coefficient (Wildman–Crippen LogP) is 3.32. The third kappa shape index (κ3) is 4.24. The first-order valence-corrected chi connectivity index (χ1v) is 12.1. The largest absolute Gasteiger partial charge is 0.326 e. The van der Waals surface area contributed by atoms with Crippen molar-refractivity contribution in [1.29, 1.82) is 0 Å². The van der Waals surface area contributed by atoms with E-state index >= 15 is 0 Å². The van der Waals surface area contributed by atoms with Crippen molar-refractivity contribution in [2.75, 3.05) is 31.5 Å². The number of aromatic nitrogens is 1. The van der Waals surface area contributed by atoms with E-state index in [9.17, 15) is 13.2 Å². The number of fused-ring (bicyclic) bond motifs is 1. The molecule has 1 aliphatic heterocycles. The van der Waals surface area contributed by atoms with E-state index in [4.69, 9.17) is 4.98 Å². The Morgan fingerprint density at radius 1 is 1.07 bits per heavy atom. The van der Waals surface area contributed by atoms with Crippen molar-refractivity contribution in [2.24, 2.45) is 0 Å². The lowest BCUT2D eigenvalue weighted by molar-refractivity contribution is -0.114. The number of para-hydroxylation sites is 1. The maximum Gasteiger partial charge on any atom is 0.243 e. The van der Waals surface area contributed by atoms with Crippen molar-refractivity contribution in [1.82, 2.24) is 14.2 Å². The summed E-state index contributed by atoms with van der Waals surface area (Å²) >= 11 is 1.69. The van der Waals surface area contributed by atoms with Crippen molar-refractivity contribution >= 4 is 43.2 Å². The zero-order valence-electron chi connectivity index (χ0n) is 16.9. The third-order valence-corrected chi connectivity index (χ3v) is 8.42. The lowest BCUT2D eigenvalue weighted by Crippen LogP contribution is -2.49. The van der Waals surface area contributed by atoms with Crippen LogP contribution in [0.3, 0.4) is 0 Å². The van der Waals surface area contributed by atoms with Gasteiger partial charge in [0.15, 0.2) is 0 Å². The van der Waals surface area contributed by atoms with E-state index in [0.717, 1.165) is 10.5 Å². The average Bonchev–Trinajstić information content (AvgIpc) is 3.17. The lowest BCUT2D eigenvalue weighted by atomic mass is 10.2. The summed E-state index contributed by atoms with van der Waals surface area (Å²) in [6, 6.07) is 14.5. The molecular formula is C21H24N4O3S2. The molecule has 0 saturated carbocycles. The van der Waals surface area contributed by atoms with Crippen molar-refractivity contribution in [2.45, 2.75) is 24.8 Å². The van der Waals surface area contributed by atoms with Crippen LogP contribution >= 0.6 is 11.3 Å². The van der Waals surface area contributed by atoms with Gasteiger partial charge in [0.2, 0.25) is 15.9 Å². The number of hydrogen-bond donors (Lipinski definition) is 1. The topological polar surface area (TPSA) is 82.6 Å². The van der Waals surface area contributed by atoms with Crippen LogP contribution in [0.15, 0.2) is 53.4 Å². The summed E-state index contributed by atoms with van der Waals surface area (Å²) in [5, 5.41) is 3.70. The number of sulfonamides is 1. The van der Waals surface area contributed by atoms with Gasteiger partial charge < -0.3 is 5.32 Å². The van der Waals surface area contributed by atoms with Crippen LogP contribution < -0.4 is 5.32 Å². The molecule has 1 saturated heterocycles. The van der Waals surface area contributed by atoms with Crippen LogP contribution in [-0.4, -0.2) is 54.7 Å². The molecule has 3 aromatic rings. The average molecular weight is 445 g/mol. The number of piperazine rings is 1. The second-order valence-electron chi connectivity index (χ2n) is 7.34. The quantitative estimate of drug-likeness (QED) is 0.653. The molecule has 1 aliphatic rings. The van der Waals surface area contributed by atoms with Gasteiger partial charge in [-0.15, -0.1) is 11.3 Å². The van der Waals surface area contributed by atoms with Crippen LogP contribution in [0.4, 0.5) is 5.69 Å². The van der Waals surface area contributed by atoms with E-state index < -0.39 is 10.0 Å². The van der Waals surface area contributed by atoms with Gasteiger partial charge >= 0.3 is 0 Å². The van der Waals surface area contributed by atoms with Gasteiger partial charge in [0.05, 0.1) is 21.2 Å². The predicted molar refractivity (Wildman–Crippen MR) is 119 cm³/mol. The second kappa shape index (κ2) is 8.43. The van der Waals surface area contributed by atoms with Crippen molar-refractivity contribution < 1.29 is 13.2 Å². The highest BCUT2D eigenvalue weighted by Gasteiger charge is 2.31. The molecule has 7 nitrogen and oxygen atoms in total.